The van der Waals surface area contributed by atoms with Gasteiger partial charge in [0.1, 0.15) is 4.83 Å². The minimum atomic E-state index is -0.0570. The van der Waals surface area contributed by atoms with E-state index in [1.54, 1.807) is 0 Å². The van der Waals surface area contributed by atoms with Crippen LogP contribution in [0.2, 0.25) is 0 Å². The van der Waals surface area contributed by atoms with E-state index in [2.05, 4.69) is 16.4 Å². The first-order valence-corrected chi connectivity index (χ1v) is 8.67. The Labute approximate surface area is 144 Å². The summed E-state index contributed by atoms with van der Waals surface area (Å²) in [6, 6.07) is 22.0. The summed E-state index contributed by atoms with van der Waals surface area (Å²) >= 11 is 1.43. The highest BCUT2D eigenvalue weighted by Gasteiger charge is 2.15. The number of para-hydroxylation sites is 1. The number of aromatic nitrogens is 1. The second-order valence-corrected chi connectivity index (χ2v) is 6.82. The number of fused-ring (bicyclic) bond motifs is 2. The van der Waals surface area contributed by atoms with Gasteiger partial charge in [0.2, 0.25) is 0 Å². The molecule has 1 amide bonds. The summed E-state index contributed by atoms with van der Waals surface area (Å²) in [5.41, 5.74) is 2.05. The Bertz CT molecular complexity index is 971. The van der Waals surface area contributed by atoms with E-state index in [0.29, 0.717) is 4.88 Å². The molecule has 3 nitrogen and oxygen atoms in total. The van der Waals surface area contributed by atoms with Crippen molar-refractivity contribution in [2.75, 3.05) is 0 Å². The average Bonchev–Trinajstić information content (AvgIpc) is 3.03. The van der Waals surface area contributed by atoms with Crippen LogP contribution in [0.5, 0.6) is 0 Å². The van der Waals surface area contributed by atoms with Crippen molar-refractivity contribution < 1.29 is 4.79 Å². The lowest BCUT2D eigenvalue weighted by Gasteiger charge is -2.13. The normalized spacial score (nSPS) is 12.4. The van der Waals surface area contributed by atoms with Gasteiger partial charge in [0.25, 0.3) is 5.91 Å². The molecule has 0 aliphatic carbocycles. The number of carbonyl (C=O) groups excluding carboxylic acids is 1. The minimum absolute atomic E-state index is 0.0315. The van der Waals surface area contributed by atoms with E-state index in [1.165, 1.54) is 11.3 Å². The van der Waals surface area contributed by atoms with E-state index in [0.717, 1.165) is 26.7 Å². The molecule has 2 heterocycles. The summed E-state index contributed by atoms with van der Waals surface area (Å²) < 4.78 is 0. The SMILES string of the molecule is C[C@@H](NC(=O)c1cc2cc3ccccc3nc2s1)c1ccccc1. The molecule has 0 unspecified atom stereocenters. The van der Waals surface area contributed by atoms with Crippen LogP contribution in [0.25, 0.3) is 21.1 Å². The third-order valence-electron chi connectivity index (χ3n) is 4.08. The van der Waals surface area contributed by atoms with Crippen LogP contribution in [-0.2, 0) is 0 Å². The van der Waals surface area contributed by atoms with Crippen molar-refractivity contribution in [3.05, 3.63) is 77.2 Å². The zero-order chi connectivity index (χ0) is 16.5. The highest BCUT2D eigenvalue weighted by molar-refractivity contribution is 7.20. The van der Waals surface area contributed by atoms with E-state index in [4.69, 9.17) is 0 Å². The highest BCUT2D eigenvalue weighted by atomic mass is 32.1. The number of pyridine rings is 1. The van der Waals surface area contributed by atoms with Gasteiger partial charge in [-0.3, -0.25) is 4.79 Å². The summed E-state index contributed by atoms with van der Waals surface area (Å²) in [6.45, 7) is 1.99. The third-order valence-corrected chi connectivity index (χ3v) is 5.12. The van der Waals surface area contributed by atoms with E-state index >= 15 is 0 Å². The fourth-order valence-corrected chi connectivity index (χ4v) is 3.70. The lowest BCUT2D eigenvalue weighted by Crippen LogP contribution is -2.25. The first kappa shape index (κ1) is 14.8. The van der Waals surface area contributed by atoms with Crippen LogP contribution < -0.4 is 5.32 Å². The van der Waals surface area contributed by atoms with Gasteiger partial charge in [0.05, 0.1) is 16.4 Å². The molecule has 1 atom stereocenters. The topological polar surface area (TPSA) is 42.0 Å². The Kier molecular flexibility index (Phi) is 3.75. The summed E-state index contributed by atoms with van der Waals surface area (Å²) in [6.07, 6.45) is 0. The van der Waals surface area contributed by atoms with Crippen molar-refractivity contribution >= 4 is 38.4 Å². The molecule has 0 aliphatic heterocycles. The Balaban J connectivity index is 1.63. The van der Waals surface area contributed by atoms with Crippen LogP contribution in [0.4, 0.5) is 0 Å². The Hall–Kier alpha value is -2.72. The number of rotatable bonds is 3. The monoisotopic (exact) mass is 332 g/mol. The third kappa shape index (κ3) is 2.76. The molecule has 4 rings (SSSR count). The predicted octanol–water partition coefficient (Wildman–Crippen LogP) is 4.94. The van der Waals surface area contributed by atoms with Crippen LogP contribution in [0.3, 0.4) is 0 Å². The van der Waals surface area contributed by atoms with Gasteiger partial charge >= 0.3 is 0 Å². The van der Waals surface area contributed by atoms with Crippen LogP contribution in [0.1, 0.15) is 28.2 Å². The maximum atomic E-state index is 12.6. The molecule has 0 fully saturated rings. The molecule has 2 aromatic carbocycles. The van der Waals surface area contributed by atoms with Gasteiger partial charge < -0.3 is 5.32 Å². The fraction of sp³-hybridized carbons (Fsp3) is 0.100. The van der Waals surface area contributed by atoms with Gasteiger partial charge in [-0.1, -0.05) is 48.5 Å². The van der Waals surface area contributed by atoms with E-state index in [-0.39, 0.29) is 11.9 Å². The van der Waals surface area contributed by atoms with Gasteiger partial charge in [0.15, 0.2) is 0 Å². The maximum absolute atomic E-state index is 12.6. The highest BCUT2D eigenvalue weighted by Crippen LogP contribution is 2.27. The van der Waals surface area contributed by atoms with Gasteiger partial charge in [-0.15, -0.1) is 11.3 Å². The number of nitrogens with zero attached hydrogens (tertiary/aromatic N) is 1. The molecule has 4 heteroatoms. The number of hydrogen-bond acceptors (Lipinski definition) is 3. The van der Waals surface area contributed by atoms with Gasteiger partial charge in [0, 0.05) is 10.8 Å². The molecule has 4 aromatic rings. The first-order valence-electron chi connectivity index (χ1n) is 7.86. The molecule has 0 saturated carbocycles. The van der Waals surface area contributed by atoms with Crippen molar-refractivity contribution in [3.8, 4) is 0 Å². The minimum Gasteiger partial charge on any atom is -0.345 e. The second-order valence-electron chi connectivity index (χ2n) is 5.79. The number of hydrogen-bond donors (Lipinski definition) is 1. The number of thiophene rings is 1. The summed E-state index contributed by atoms with van der Waals surface area (Å²) in [5.74, 6) is -0.0570. The van der Waals surface area contributed by atoms with Crippen molar-refractivity contribution in [3.63, 3.8) is 0 Å². The van der Waals surface area contributed by atoms with Crippen molar-refractivity contribution in [1.82, 2.24) is 10.3 Å². The maximum Gasteiger partial charge on any atom is 0.261 e. The lowest BCUT2D eigenvalue weighted by molar-refractivity contribution is 0.0944. The van der Waals surface area contributed by atoms with Gasteiger partial charge in [-0.25, -0.2) is 4.98 Å². The molecule has 0 radical (unpaired) electrons. The predicted molar refractivity (Wildman–Crippen MR) is 99.4 cm³/mol. The lowest BCUT2D eigenvalue weighted by atomic mass is 10.1. The summed E-state index contributed by atoms with van der Waals surface area (Å²) in [5, 5.41) is 5.16. The molecule has 0 bridgehead atoms. The van der Waals surface area contributed by atoms with E-state index in [9.17, 15) is 4.79 Å². The summed E-state index contributed by atoms with van der Waals surface area (Å²) in [7, 11) is 0. The molecule has 0 aliphatic rings. The molecule has 0 spiro atoms. The quantitative estimate of drug-likeness (QED) is 0.577. The largest absolute Gasteiger partial charge is 0.345 e. The van der Waals surface area contributed by atoms with Crippen LogP contribution in [-0.4, -0.2) is 10.9 Å². The van der Waals surface area contributed by atoms with Crippen LogP contribution in [0, 0.1) is 0 Å². The molecule has 24 heavy (non-hydrogen) atoms. The van der Waals surface area contributed by atoms with E-state index < -0.39 is 0 Å². The molecular formula is C20H16N2OS. The number of nitrogens with one attached hydrogen (secondary N) is 1. The van der Waals surface area contributed by atoms with Gasteiger partial charge in [-0.05, 0) is 30.7 Å². The van der Waals surface area contributed by atoms with Crippen LogP contribution >= 0.6 is 11.3 Å². The molecule has 0 saturated heterocycles. The molecule has 118 valence electrons. The van der Waals surface area contributed by atoms with Gasteiger partial charge in [-0.2, -0.15) is 0 Å². The molecule has 1 N–H and O–H groups in total. The Morgan fingerprint density at radius 3 is 2.58 bits per heavy atom. The first-order chi connectivity index (χ1) is 11.7. The zero-order valence-corrected chi connectivity index (χ0v) is 14.0. The molecular weight excluding hydrogens is 316 g/mol. The Morgan fingerprint density at radius 1 is 1.00 bits per heavy atom. The smallest absolute Gasteiger partial charge is 0.261 e. The average molecular weight is 332 g/mol. The number of benzene rings is 2. The second kappa shape index (κ2) is 6.06. The van der Waals surface area contributed by atoms with Crippen molar-refractivity contribution in [1.29, 1.82) is 0 Å². The zero-order valence-electron chi connectivity index (χ0n) is 13.2. The Morgan fingerprint density at radius 2 is 1.75 bits per heavy atom. The van der Waals surface area contributed by atoms with Crippen molar-refractivity contribution in [2.24, 2.45) is 0 Å². The number of carbonyl (C=O) groups is 1. The fourth-order valence-electron chi connectivity index (χ4n) is 2.78. The van der Waals surface area contributed by atoms with Crippen molar-refractivity contribution in [2.45, 2.75) is 13.0 Å². The standard InChI is InChI=1S/C20H16N2OS/c1-13(14-7-3-2-4-8-14)21-19(23)18-12-16-11-15-9-5-6-10-17(15)22-20(16)24-18/h2-13H,1H3,(H,21,23)/t13-/m1/s1. The van der Waals surface area contributed by atoms with E-state index in [1.807, 2.05) is 67.6 Å². The molecule has 2 aromatic heterocycles. The van der Waals surface area contributed by atoms with Crippen LogP contribution in [0.15, 0.2) is 66.7 Å². The summed E-state index contributed by atoms with van der Waals surface area (Å²) in [4.78, 5) is 18.8. The number of amides is 1.